The number of hydrogen-bond donors (Lipinski definition) is 0. The molecule has 0 aromatic heterocycles. The van der Waals surface area contributed by atoms with Gasteiger partial charge in [0.1, 0.15) is 5.75 Å². The van der Waals surface area contributed by atoms with E-state index in [0.717, 1.165) is 30.4 Å². The first-order valence-corrected chi connectivity index (χ1v) is 5.77. The smallest absolute Gasteiger partial charge is 0.154 e. The second-order valence-corrected chi connectivity index (χ2v) is 5.40. The van der Waals surface area contributed by atoms with Gasteiger partial charge in [-0.15, -0.1) is 0 Å². The monoisotopic (exact) mass is 218 g/mol. The van der Waals surface area contributed by atoms with Crippen molar-refractivity contribution in [3.8, 4) is 5.75 Å². The first kappa shape index (κ1) is 11.2. The Labute approximate surface area is 96.6 Å². The van der Waals surface area contributed by atoms with Gasteiger partial charge in [0.2, 0.25) is 0 Å². The maximum absolute atomic E-state index is 11.2. The molecular formula is C14H18O2. The van der Waals surface area contributed by atoms with Gasteiger partial charge in [-0.1, -0.05) is 32.9 Å². The van der Waals surface area contributed by atoms with E-state index in [1.54, 1.807) is 0 Å². The van der Waals surface area contributed by atoms with E-state index in [9.17, 15) is 4.79 Å². The van der Waals surface area contributed by atoms with E-state index in [4.69, 9.17) is 4.74 Å². The minimum absolute atomic E-state index is 0.0286. The maximum Gasteiger partial charge on any atom is 0.154 e. The molecule has 16 heavy (non-hydrogen) atoms. The number of carbonyl (C=O) groups is 1. The van der Waals surface area contributed by atoms with Gasteiger partial charge in [-0.05, 0) is 29.9 Å². The standard InChI is InChI=1S/C14H18O2/c1-14(2,3)12-5-4-6-13(11(12)9-15)16-10-7-8-10/h4-6,9-10H,7-8H2,1-3H3. The number of benzene rings is 1. The molecule has 0 N–H and O–H groups in total. The quantitative estimate of drug-likeness (QED) is 0.727. The van der Waals surface area contributed by atoms with Crippen LogP contribution < -0.4 is 4.74 Å². The Bertz CT molecular complexity index is 398. The summed E-state index contributed by atoms with van der Waals surface area (Å²) < 4.78 is 5.75. The normalized spacial score (nSPS) is 15.9. The molecule has 2 nitrogen and oxygen atoms in total. The van der Waals surface area contributed by atoms with E-state index in [1.807, 2.05) is 18.2 Å². The molecule has 86 valence electrons. The number of aldehydes is 1. The molecule has 1 aromatic rings. The molecule has 0 atom stereocenters. The summed E-state index contributed by atoms with van der Waals surface area (Å²) in [5, 5.41) is 0. The Morgan fingerprint density at radius 3 is 2.50 bits per heavy atom. The lowest BCUT2D eigenvalue weighted by Gasteiger charge is -2.22. The van der Waals surface area contributed by atoms with Gasteiger partial charge < -0.3 is 4.74 Å². The van der Waals surface area contributed by atoms with Crippen LogP contribution in [-0.2, 0) is 5.41 Å². The number of rotatable bonds is 3. The number of carbonyl (C=O) groups excluding carboxylic acids is 1. The molecule has 0 bridgehead atoms. The van der Waals surface area contributed by atoms with E-state index in [-0.39, 0.29) is 5.41 Å². The van der Waals surface area contributed by atoms with Crippen LogP contribution in [0.15, 0.2) is 18.2 Å². The van der Waals surface area contributed by atoms with Crippen LogP contribution in [0.3, 0.4) is 0 Å². The second-order valence-electron chi connectivity index (χ2n) is 5.40. The average Bonchev–Trinajstić information content (AvgIpc) is 3.00. The van der Waals surface area contributed by atoms with Gasteiger partial charge in [0.05, 0.1) is 11.7 Å². The molecule has 0 unspecified atom stereocenters. The summed E-state index contributed by atoms with van der Waals surface area (Å²) in [6, 6.07) is 5.85. The van der Waals surface area contributed by atoms with Gasteiger partial charge in [-0.25, -0.2) is 0 Å². The highest BCUT2D eigenvalue weighted by Gasteiger charge is 2.26. The van der Waals surface area contributed by atoms with Crippen LogP contribution in [0.4, 0.5) is 0 Å². The summed E-state index contributed by atoms with van der Waals surface area (Å²) in [5.74, 6) is 0.741. The van der Waals surface area contributed by atoms with Gasteiger partial charge in [0.25, 0.3) is 0 Å². The maximum atomic E-state index is 11.2. The van der Waals surface area contributed by atoms with Crippen molar-refractivity contribution in [2.45, 2.75) is 45.1 Å². The highest BCUT2D eigenvalue weighted by Crippen LogP contribution is 2.34. The third-order valence-electron chi connectivity index (χ3n) is 2.81. The summed E-state index contributed by atoms with van der Waals surface area (Å²) in [4.78, 5) is 11.2. The van der Waals surface area contributed by atoms with Crippen LogP contribution in [0.5, 0.6) is 5.75 Å². The molecule has 0 aliphatic heterocycles. The summed E-state index contributed by atoms with van der Waals surface area (Å²) in [6.45, 7) is 6.32. The van der Waals surface area contributed by atoms with Gasteiger partial charge in [0.15, 0.2) is 6.29 Å². The van der Waals surface area contributed by atoms with Crippen molar-refractivity contribution in [3.05, 3.63) is 29.3 Å². The van der Waals surface area contributed by atoms with Crippen LogP contribution in [0.25, 0.3) is 0 Å². The molecule has 1 aromatic carbocycles. The molecule has 2 heteroatoms. The lowest BCUT2D eigenvalue weighted by molar-refractivity contribution is 0.111. The summed E-state index contributed by atoms with van der Waals surface area (Å²) in [5.41, 5.74) is 1.74. The van der Waals surface area contributed by atoms with E-state index in [0.29, 0.717) is 11.7 Å². The van der Waals surface area contributed by atoms with Crippen molar-refractivity contribution < 1.29 is 9.53 Å². The lowest BCUT2D eigenvalue weighted by atomic mass is 9.84. The molecule has 1 fully saturated rings. The fourth-order valence-electron chi connectivity index (χ4n) is 1.79. The highest BCUT2D eigenvalue weighted by atomic mass is 16.5. The predicted molar refractivity (Wildman–Crippen MR) is 64.2 cm³/mol. The number of ether oxygens (including phenoxy) is 1. The van der Waals surface area contributed by atoms with E-state index < -0.39 is 0 Å². The highest BCUT2D eigenvalue weighted by molar-refractivity contribution is 5.82. The molecule has 0 radical (unpaired) electrons. The average molecular weight is 218 g/mol. The van der Waals surface area contributed by atoms with Crippen LogP contribution in [0, 0.1) is 0 Å². The van der Waals surface area contributed by atoms with E-state index in [2.05, 4.69) is 20.8 Å². The molecule has 0 amide bonds. The third-order valence-corrected chi connectivity index (χ3v) is 2.81. The third kappa shape index (κ3) is 2.26. The van der Waals surface area contributed by atoms with E-state index in [1.165, 1.54) is 0 Å². The van der Waals surface area contributed by atoms with Crippen molar-refractivity contribution in [3.63, 3.8) is 0 Å². The molecule has 1 aliphatic rings. The predicted octanol–water partition coefficient (Wildman–Crippen LogP) is 3.34. The van der Waals surface area contributed by atoms with Crippen molar-refractivity contribution in [1.82, 2.24) is 0 Å². The van der Waals surface area contributed by atoms with Crippen molar-refractivity contribution >= 4 is 6.29 Å². The Balaban J connectivity index is 2.40. The molecule has 2 rings (SSSR count). The Morgan fingerprint density at radius 1 is 1.31 bits per heavy atom. The van der Waals surface area contributed by atoms with Crippen LogP contribution in [-0.4, -0.2) is 12.4 Å². The Kier molecular flexibility index (Phi) is 2.75. The molecule has 1 aliphatic carbocycles. The van der Waals surface area contributed by atoms with Crippen molar-refractivity contribution in [1.29, 1.82) is 0 Å². The van der Waals surface area contributed by atoms with Gasteiger partial charge >= 0.3 is 0 Å². The summed E-state index contributed by atoms with van der Waals surface area (Å²) in [7, 11) is 0. The SMILES string of the molecule is CC(C)(C)c1cccc(OC2CC2)c1C=O. The fourth-order valence-corrected chi connectivity index (χ4v) is 1.79. The van der Waals surface area contributed by atoms with Gasteiger partial charge in [-0.2, -0.15) is 0 Å². The summed E-state index contributed by atoms with van der Waals surface area (Å²) in [6.07, 6.45) is 3.46. The van der Waals surface area contributed by atoms with Gasteiger partial charge in [0, 0.05) is 0 Å². The molecule has 0 spiro atoms. The van der Waals surface area contributed by atoms with Crippen molar-refractivity contribution in [2.24, 2.45) is 0 Å². The van der Waals surface area contributed by atoms with Crippen LogP contribution in [0.1, 0.15) is 49.5 Å². The first-order chi connectivity index (χ1) is 7.52. The minimum Gasteiger partial charge on any atom is -0.490 e. The zero-order chi connectivity index (χ0) is 11.8. The van der Waals surface area contributed by atoms with Crippen LogP contribution >= 0.6 is 0 Å². The minimum atomic E-state index is -0.0286. The molecular weight excluding hydrogens is 200 g/mol. The Hall–Kier alpha value is -1.31. The molecule has 0 heterocycles. The van der Waals surface area contributed by atoms with Gasteiger partial charge in [-0.3, -0.25) is 4.79 Å². The fraction of sp³-hybridized carbons (Fsp3) is 0.500. The first-order valence-electron chi connectivity index (χ1n) is 5.77. The number of hydrogen-bond acceptors (Lipinski definition) is 2. The summed E-state index contributed by atoms with van der Waals surface area (Å²) >= 11 is 0. The molecule has 0 saturated heterocycles. The topological polar surface area (TPSA) is 26.3 Å². The lowest BCUT2D eigenvalue weighted by Crippen LogP contribution is -2.15. The second kappa shape index (κ2) is 3.93. The zero-order valence-electron chi connectivity index (χ0n) is 10.1. The van der Waals surface area contributed by atoms with E-state index >= 15 is 0 Å². The molecule has 1 saturated carbocycles. The van der Waals surface area contributed by atoms with Crippen LogP contribution in [0.2, 0.25) is 0 Å². The zero-order valence-corrected chi connectivity index (χ0v) is 10.1. The largest absolute Gasteiger partial charge is 0.490 e. The Morgan fingerprint density at radius 2 is 2.00 bits per heavy atom. The van der Waals surface area contributed by atoms with Crippen molar-refractivity contribution in [2.75, 3.05) is 0 Å².